The van der Waals surface area contributed by atoms with Gasteiger partial charge in [0, 0.05) is 20.1 Å². The lowest BCUT2D eigenvalue weighted by Gasteiger charge is -2.26. The Morgan fingerprint density at radius 1 is 1.60 bits per heavy atom. The normalized spacial score (nSPS) is 23.1. The van der Waals surface area contributed by atoms with Gasteiger partial charge >= 0.3 is 0 Å². The van der Waals surface area contributed by atoms with Gasteiger partial charge in [0.25, 0.3) is 0 Å². The van der Waals surface area contributed by atoms with E-state index in [4.69, 9.17) is 0 Å². The molecule has 0 aliphatic carbocycles. The molecule has 88 valence electrons. The van der Waals surface area contributed by atoms with Crippen LogP contribution in [0.25, 0.3) is 0 Å². The monoisotopic (exact) mass is 276 g/mol. The van der Waals surface area contributed by atoms with Crippen LogP contribution in [0.3, 0.4) is 0 Å². The van der Waals surface area contributed by atoms with E-state index in [1.807, 2.05) is 25.8 Å². The molecule has 1 aliphatic rings. The van der Waals surface area contributed by atoms with E-state index in [1.165, 1.54) is 6.42 Å². The first-order valence-electron chi connectivity index (χ1n) is 5.43. The van der Waals surface area contributed by atoms with Crippen LogP contribution in [0.2, 0.25) is 0 Å². The van der Waals surface area contributed by atoms with E-state index in [1.54, 1.807) is 0 Å². The van der Waals surface area contributed by atoms with Crippen molar-refractivity contribution in [3.8, 4) is 0 Å². The van der Waals surface area contributed by atoms with Gasteiger partial charge < -0.3 is 9.80 Å². The van der Waals surface area contributed by atoms with Crippen molar-refractivity contribution in [2.24, 2.45) is 5.92 Å². The van der Waals surface area contributed by atoms with Crippen LogP contribution in [0.1, 0.15) is 20.3 Å². The van der Waals surface area contributed by atoms with Crippen LogP contribution >= 0.6 is 15.9 Å². The largest absolute Gasteiger partial charge is 0.344 e. The zero-order chi connectivity index (χ0) is 11.6. The Balaban J connectivity index is 2.42. The number of alkyl halides is 1. The molecule has 0 aromatic rings. The SMILES string of the molecule is CN1CCC(CN(C)C(=O)C(C)(C)Br)C1. The second-order valence-electron chi connectivity index (χ2n) is 5.08. The molecule has 0 spiro atoms. The molecule has 1 aliphatic heterocycles. The Kier molecular flexibility index (Phi) is 4.18. The van der Waals surface area contributed by atoms with Gasteiger partial charge in [-0.2, -0.15) is 0 Å². The van der Waals surface area contributed by atoms with E-state index < -0.39 is 4.32 Å². The molecule has 1 atom stereocenters. The Labute approximate surface area is 101 Å². The Hall–Kier alpha value is -0.0900. The lowest BCUT2D eigenvalue weighted by atomic mass is 10.1. The molecule has 1 amide bonds. The minimum Gasteiger partial charge on any atom is -0.344 e. The highest BCUT2D eigenvalue weighted by Crippen LogP contribution is 2.21. The van der Waals surface area contributed by atoms with Gasteiger partial charge in [-0.05, 0) is 39.8 Å². The summed E-state index contributed by atoms with van der Waals surface area (Å²) in [6.45, 7) is 6.93. The number of halogens is 1. The minimum atomic E-state index is -0.438. The van der Waals surface area contributed by atoms with Crippen LogP contribution in [-0.4, -0.2) is 53.8 Å². The number of hydrogen-bond acceptors (Lipinski definition) is 2. The fraction of sp³-hybridized carbons (Fsp3) is 0.909. The summed E-state index contributed by atoms with van der Waals surface area (Å²) in [5.74, 6) is 0.802. The molecule has 3 nitrogen and oxygen atoms in total. The molecule has 0 saturated carbocycles. The van der Waals surface area contributed by atoms with E-state index >= 15 is 0 Å². The summed E-state index contributed by atoms with van der Waals surface area (Å²) >= 11 is 3.40. The standard InChI is InChI=1S/C11H21BrN2O/c1-11(2,12)10(15)14(4)8-9-5-6-13(3)7-9/h9H,5-8H2,1-4H3. The number of hydrogen-bond donors (Lipinski definition) is 0. The van der Waals surface area contributed by atoms with Gasteiger partial charge in [-0.25, -0.2) is 0 Å². The van der Waals surface area contributed by atoms with Crippen molar-refractivity contribution in [1.29, 1.82) is 0 Å². The average Bonchev–Trinajstić information content (AvgIpc) is 2.48. The number of rotatable bonds is 3. The molecule has 1 unspecified atom stereocenters. The van der Waals surface area contributed by atoms with Gasteiger partial charge in [-0.15, -0.1) is 0 Å². The topological polar surface area (TPSA) is 23.6 Å². The summed E-state index contributed by atoms with van der Waals surface area (Å²) < 4.78 is -0.438. The third-order valence-electron chi connectivity index (χ3n) is 2.88. The van der Waals surface area contributed by atoms with E-state index in [0.717, 1.165) is 19.6 Å². The number of nitrogens with zero attached hydrogens (tertiary/aromatic N) is 2. The first kappa shape index (κ1) is 13.0. The molecule has 0 aromatic heterocycles. The van der Waals surface area contributed by atoms with Crippen LogP contribution in [0.15, 0.2) is 0 Å². The van der Waals surface area contributed by atoms with Gasteiger partial charge in [0.1, 0.15) is 0 Å². The van der Waals surface area contributed by atoms with E-state index in [9.17, 15) is 4.79 Å². The molecule has 1 heterocycles. The Morgan fingerprint density at radius 3 is 2.60 bits per heavy atom. The van der Waals surface area contributed by atoms with Crippen LogP contribution in [0.4, 0.5) is 0 Å². The molecule has 15 heavy (non-hydrogen) atoms. The van der Waals surface area contributed by atoms with Gasteiger partial charge in [0.05, 0.1) is 4.32 Å². The van der Waals surface area contributed by atoms with Crippen molar-refractivity contribution in [1.82, 2.24) is 9.80 Å². The smallest absolute Gasteiger partial charge is 0.238 e. The second-order valence-corrected chi connectivity index (χ2v) is 7.06. The van der Waals surface area contributed by atoms with Gasteiger partial charge in [0.2, 0.25) is 5.91 Å². The van der Waals surface area contributed by atoms with Crippen molar-refractivity contribution in [3.05, 3.63) is 0 Å². The summed E-state index contributed by atoms with van der Waals surface area (Å²) in [7, 11) is 4.03. The second kappa shape index (κ2) is 4.83. The van der Waals surface area contributed by atoms with Crippen LogP contribution in [0.5, 0.6) is 0 Å². The summed E-state index contributed by atoms with van der Waals surface area (Å²) in [5, 5.41) is 0. The van der Waals surface area contributed by atoms with Gasteiger partial charge in [-0.1, -0.05) is 15.9 Å². The molecule has 1 fully saturated rings. The Bertz CT molecular complexity index is 237. The molecule has 0 aromatic carbocycles. The van der Waals surface area contributed by atoms with Crippen molar-refractivity contribution < 1.29 is 4.79 Å². The van der Waals surface area contributed by atoms with Crippen molar-refractivity contribution >= 4 is 21.8 Å². The zero-order valence-electron chi connectivity index (χ0n) is 10.1. The summed E-state index contributed by atoms with van der Waals surface area (Å²) in [6.07, 6.45) is 1.21. The third kappa shape index (κ3) is 3.76. The minimum absolute atomic E-state index is 0.164. The average molecular weight is 277 g/mol. The maximum atomic E-state index is 11.9. The number of likely N-dealkylation sites (tertiary alicyclic amines) is 1. The van der Waals surface area contributed by atoms with E-state index in [2.05, 4.69) is 27.9 Å². The van der Waals surface area contributed by atoms with E-state index in [0.29, 0.717) is 5.92 Å². The van der Waals surface area contributed by atoms with Crippen LogP contribution < -0.4 is 0 Å². The van der Waals surface area contributed by atoms with Crippen molar-refractivity contribution in [2.45, 2.75) is 24.6 Å². The van der Waals surface area contributed by atoms with Crippen LogP contribution in [0, 0.1) is 5.92 Å². The summed E-state index contributed by atoms with van der Waals surface area (Å²) in [4.78, 5) is 16.1. The zero-order valence-corrected chi connectivity index (χ0v) is 11.7. The van der Waals surface area contributed by atoms with Gasteiger partial charge in [0.15, 0.2) is 0 Å². The number of carbonyl (C=O) groups excluding carboxylic acids is 1. The summed E-state index contributed by atoms with van der Waals surface area (Å²) in [6, 6.07) is 0. The Morgan fingerprint density at radius 2 is 2.20 bits per heavy atom. The highest BCUT2D eigenvalue weighted by atomic mass is 79.9. The molecule has 1 rings (SSSR count). The fourth-order valence-electron chi connectivity index (χ4n) is 2.10. The first-order valence-corrected chi connectivity index (χ1v) is 6.23. The molecule has 0 bridgehead atoms. The highest BCUT2D eigenvalue weighted by Gasteiger charge is 2.29. The molecule has 1 saturated heterocycles. The van der Waals surface area contributed by atoms with Crippen LogP contribution in [-0.2, 0) is 4.79 Å². The van der Waals surface area contributed by atoms with Crippen molar-refractivity contribution in [3.63, 3.8) is 0 Å². The van der Waals surface area contributed by atoms with Crippen molar-refractivity contribution in [2.75, 3.05) is 33.7 Å². The maximum absolute atomic E-state index is 11.9. The molecule has 4 heteroatoms. The lowest BCUT2D eigenvalue weighted by molar-refractivity contribution is -0.131. The third-order valence-corrected chi connectivity index (χ3v) is 3.22. The lowest BCUT2D eigenvalue weighted by Crippen LogP contribution is -2.41. The summed E-state index contributed by atoms with van der Waals surface area (Å²) in [5.41, 5.74) is 0. The fourth-order valence-corrected chi connectivity index (χ4v) is 2.40. The first-order chi connectivity index (χ1) is 6.80. The van der Waals surface area contributed by atoms with Gasteiger partial charge in [-0.3, -0.25) is 4.79 Å². The molecular weight excluding hydrogens is 256 g/mol. The number of carbonyl (C=O) groups is 1. The predicted molar refractivity (Wildman–Crippen MR) is 66.2 cm³/mol. The number of amides is 1. The quantitative estimate of drug-likeness (QED) is 0.731. The molecular formula is C11H21BrN2O. The predicted octanol–water partition coefficient (Wildman–Crippen LogP) is 1.57. The molecule has 0 N–H and O–H groups in total. The highest BCUT2D eigenvalue weighted by molar-refractivity contribution is 9.10. The maximum Gasteiger partial charge on any atom is 0.238 e. The molecule has 0 radical (unpaired) electrons. The van der Waals surface area contributed by atoms with E-state index in [-0.39, 0.29) is 5.91 Å².